The van der Waals surface area contributed by atoms with E-state index in [0.29, 0.717) is 11.4 Å². The molecule has 126 valence electrons. The second-order valence-electron chi connectivity index (χ2n) is 6.15. The van der Waals surface area contributed by atoms with E-state index in [1.165, 1.54) is 13.8 Å². The lowest BCUT2D eigenvalue weighted by Crippen LogP contribution is -2.49. The molecule has 0 aromatic heterocycles. The number of anilines is 2. The number of carbonyl (C=O) groups is 3. The summed E-state index contributed by atoms with van der Waals surface area (Å²) in [6.45, 7) is 7.91. The van der Waals surface area contributed by atoms with Crippen molar-refractivity contribution in [3.8, 4) is 0 Å². The molecule has 23 heavy (non-hydrogen) atoms. The standard InChI is InChI=1S/C16H23N3O4/c1-10(18-15(22)23-16(3,4)5)14(21)19(11(2)20)13-8-6-12(17)7-9-13/h6-10H,17H2,1-5H3,(H,18,22). The molecule has 0 spiro atoms. The van der Waals surface area contributed by atoms with Gasteiger partial charge in [0.15, 0.2) is 0 Å². The minimum atomic E-state index is -0.925. The van der Waals surface area contributed by atoms with Gasteiger partial charge >= 0.3 is 6.09 Å². The smallest absolute Gasteiger partial charge is 0.408 e. The minimum Gasteiger partial charge on any atom is -0.444 e. The zero-order valence-electron chi connectivity index (χ0n) is 14.0. The molecule has 3 N–H and O–H groups in total. The zero-order valence-corrected chi connectivity index (χ0v) is 14.0. The maximum Gasteiger partial charge on any atom is 0.408 e. The monoisotopic (exact) mass is 321 g/mol. The number of imide groups is 1. The van der Waals surface area contributed by atoms with E-state index >= 15 is 0 Å². The second-order valence-corrected chi connectivity index (χ2v) is 6.15. The van der Waals surface area contributed by atoms with Gasteiger partial charge in [-0.05, 0) is 52.0 Å². The van der Waals surface area contributed by atoms with E-state index in [1.54, 1.807) is 45.0 Å². The fourth-order valence-electron chi connectivity index (χ4n) is 1.83. The zero-order chi connectivity index (χ0) is 17.8. The number of ether oxygens (including phenoxy) is 1. The number of nitrogens with two attached hydrogens (primary N) is 1. The number of nitrogens with zero attached hydrogens (tertiary/aromatic N) is 1. The van der Waals surface area contributed by atoms with Gasteiger partial charge in [0.1, 0.15) is 11.6 Å². The largest absolute Gasteiger partial charge is 0.444 e. The number of benzene rings is 1. The lowest BCUT2D eigenvalue weighted by atomic mass is 10.2. The summed E-state index contributed by atoms with van der Waals surface area (Å²) in [5.41, 5.74) is 5.83. The summed E-state index contributed by atoms with van der Waals surface area (Å²) in [5, 5.41) is 2.42. The van der Waals surface area contributed by atoms with E-state index < -0.39 is 29.6 Å². The topological polar surface area (TPSA) is 102 Å². The number of rotatable bonds is 3. The van der Waals surface area contributed by atoms with E-state index in [0.717, 1.165) is 4.90 Å². The van der Waals surface area contributed by atoms with Crippen LogP contribution in [-0.2, 0) is 14.3 Å². The molecule has 7 heteroatoms. The van der Waals surface area contributed by atoms with Crippen LogP contribution in [0.4, 0.5) is 16.2 Å². The Kier molecular flexibility index (Phi) is 5.73. The van der Waals surface area contributed by atoms with Crippen molar-refractivity contribution >= 4 is 29.3 Å². The van der Waals surface area contributed by atoms with Gasteiger partial charge < -0.3 is 15.8 Å². The molecule has 1 rings (SSSR count). The summed E-state index contributed by atoms with van der Waals surface area (Å²) < 4.78 is 5.10. The van der Waals surface area contributed by atoms with E-state index in [1.807, 2.05) is 0 Å². The van der Waals surface area contributed by atoms with Gasteiger partial charge in [-0.1, -0.05) is 0 Å². The molecule has 1 aromatic carbocycles. The van der Waals surface area contributed by atoms with Gasteiger partial charge in [-0.3, -0.25) is 9.59 Å². The quantitative estimate of drug-likeness (QED) is 0.830. The summed E-state index contributed by atoms with van der Waals surface area (Å²) in [4.78, 5) is 37.0. The molecule has 0 aliphatic rings. The van der Waals surface area contributed by atoms with Gasteiger partial charge in [-0.15, -0.1) is 0 Å². The number of hydrogen-bond acceptors (Lipinski definition) is 5. The first kappa shape index (κ1) is 18.5. The van der Waals surface area contributed by atoms with Crippen molar-refractivity contribution in [1.29, 1.82) is 0 Å². The molecular formula is C16H23N3O4. The molecule has 0 heterocycles. The van der Waals surface area contributed by atoms with Gasteiger partial charge in [-0.25, -0.2) is 9.69 Å². The van der Waals surface area contributed by atoms with Gasteiger partial charge in [0.05, 0.1) is 5.69 Å². The molecular weight excluding hydrogens is 298 g/mol. The maximum atomic E-state index is 12.5. The molecule has 0 radical (unpaired) electrons. The van der Waals surface area contributed by atoms with Crippen LogP contribution in [0.3, 0.4) is 0 Å². The van der Waals surface area contributed by atoms with Crippen molar-refractivity contribution in [2.24, 2.45) is 0 Å². The summed E-state index contributed by atoms with van der Waals surface area (Å²) in [7, 11) is 0. The van der Waals surface area contributed by atoms with Crippen molar-refractivity contribution in [2.75, 3.05) is 10.6 Å². The van der Waals surface area contributed by atoms with Gasteiger partial charge in [0, 0.05) is 12.6 Å². The highest BCUT2D eigenvalue weighted by Crippen LogP contribution is 2.18. The molecule has 7 nitrogen and oxygen atoms in total. The fraction of sp³-hybridized carbons (Fsp3) is 0.438. The Morgan fingerprint density at radius 1 is 1.17 bits per heavy atom. The Morgan fingerprint density at radius 3 is 2.13 bits per heavy atom. The normalized spacial score (nSPS) is 12.2. The van der Waals surface area contributed by atoms with E-state index in [-0.39, 0.29) is 0 Å². The van der Waals surface area contributed by atoms with Crippen molar-refractivity contribution in [2.45, 2.75) is 46.3 Å². The van der Waals surface area contributed by atoms with Crippen LogP contribution in [0, 0.1) is 0 Å². The molecule has 0 saturated heterocycles. The molecule has 1 aromatic rings. The first-order valence-corrected chi connectivity index (χ1v) is 7.21. The average molecular weight is 321 g/mol. The second kappa shape index (κ2) is 7.13. The molecule has 0 aliphatic heterocycles. The third-order valence-electron chi connectivity index (χ3n) is 2.79. The van der Waals surface area contributed by atoms with Gasteiger partial charge in [0.25, 0.3) is 5.91 Å². The molecule has 1 unspecified atom stereocenters. The van der Waals surface area contributed by atoms with Crippen LogP contribution in [0.5, 0.6) is 0 Å². The minimum absolute atomic E-state index is 0.384. The van der Waals surface area contributed by atoms with E-state index in [9.17, 15) is 14.4 Å². The Hall–Kier alpha value is -2.57. The summed E-state index contributed by atoms with van der Waals surface area (Å²) >= 11 is 0. The molecule has 0 aliphatic carbocycles. The highest BCUT2D eigenvalue weighted by atomic mass is 16.6. The predicted octanol–water partition coefficient (Wildman–Crippen LogP) is 2.06. The first-order valence-electron chi connectivity index (χ1n) is 7.21. The van der Waals surface area contributed by atoms with Gasteiger partial charge in [-0.2, -0.15) is 0 Å². The number of amides is 3. The number of nitrogen functional groups attached to an aromatic ring is 1. The highest BCUT2D eigenvalue weighted by molar-refractivity contribution is 6.16. The van der Waals surface area contributed by atoms with Crippen molar-refractivity contribution < 1.29 is 19.1 Å². The van der Waals surface area contributed by atoms with Crippen LogP contribution < -0.4 is 16.0 Å². The summed E-state index contributed by atoms with van der Waals surface area (Å²) in [6, 6.07) is 5.38. The number of carbonyl (C=O) groups excluding carboxylic acids is 3. The highest BCUT2D eigenvalue weighted by Gasteiger charge is 2.28. The first-order chi connectivity index (χ1) is 10.5. The Balaban J connectivity index is 2.87. The lowest BCUT2D eigenvalue weighted by Gasteiger charge is -2.25. The fourth-order valence-corrected chi connectivity index (χ4v) is 1.83. The molecule has 0 fully saturated rings. The predicted molar refractivity (Wildman–Crippen MR) is 87.9 cm³/mol. The molecule has 3 amide bonds. The molecule has 0 saturated carbocycles. The third kappa shape index (κ3) is 5.61. The number of nitrogens with one attached hydrogen (secondary N) is 1. The van der Waals surface area contributed by atoms with E-state index in [2.05, 4.69) is 5.32 Å². The average Bonchev–Trinajstić information content (AvgIpc) is 2.38. The molecule has 0 bridgehead atoms. The Morgan fingerprint density at radius 2 is 1.70 bits per heavy atom. The van der Waals surface area contributed by atoms with Crippen molar-refractivity contribution in [3.05, 3.63) is 24.3 Å². The Labute approximate surface area is 135 Å². The number of alkyl carbamates (subject to hydrolysis) is 1. The van der Waals surface area contributed by atoms with Crippen LogP contribution >= 0.6 is 0 Å². The lowest BCUT2D eigenvalue weighted by molar-refractivity contribution is -0.126. The van der Waals surface area contributed by atoms with E-state index in [4.69, 9.17) is 10.5 Å². The van der Waals surface area contributed by atoms with Crippen LogP contribution in [0.15, 0.2) is 24.3 Å². The van der Waals surface area contributed by atoms with Crippen LogP contribution in [0.1, 0.15) is 34.6 Å². The van der Waals surface area contributed by atoms with Crippen LogP contribution in [0.2, 0.25) is 0 Å². The Bertz CT molecular complexity index is 590. The number of hydrogen-bond donors (Lipinski definition) is 2. The summed E-state index contributed by atoms with van der Waals surface area (Å²) in [5.74, 6) is -1.02. The van der Waals surface area contributed by atoms with Crippen LogP contribution in [0.25, 0.3) is 0 Å². The third-order valence-corrected chi connectivity index (χ3v) is 2.79. The van der Waals surface area contributed by atoms with Gasteiger partial charge in [0.2, 0.25) is 5.91 Å². The SMILES string of the molecule is CC(=O)N(C(=O)C(C)NC(=O)OC(C)(C)C)c1ccc(N)cc1. The van der Waals surface area contributed by atoms with Crippen molar-refractivity contribution in [3.63, 3.8) is 0 Å². The van der Waals surface area contributed by atoms with Crippen molar-refractivity contribution in [1.82, 2.24) is 5.32 Å². The summed E-state index contributed by atoms with van der Waals surface area (Å²) in [6.07, 6.45) is -0.723. The van der Waals surface area contributed by atoms with Crippen LogP contribution in [-0.4, -0.2) is 29.6 Å². The molecule has 1 atom stereocenters. The maximum absolute atomic E-state index is 12.5.